The van der Waals surface area contributed by atoms with Crippen LogP contribution in [0.15, 0.2) is 12.4 Å². The summed E-state index contributed by atoms with van der Waals surface area (Å²) in [6, 6.07) is 0. The van der Waals surface area contributed by atoms with Crippen LogP contribution in [0, 0.1) is 6.08 Å². The molecule has 0 bridgehead atoms. The van der Waals surface area contributed by atoms with Gasteiger partial charge in [0.15, 0.2) is 17.0 Å². The van der Waals surface area contributed by atoms with E-state index in [1.54, 1.807) is 0 Å². The van der Waals surface area contributed by atoms with E-state index in [1.165, 1.54) is 12.4 Å². The third kappa shape index (κ3) is 1.25. The lowest BCUT2D eigenvalue weighted by Crippen LogP contribution is -2.11. The average Bonchev–Trinajstić information content (AvgIpc) is 2.16. The van der Waals surface area contributed by atoms with Crippen molar-refractivity contribution < 1.29 is 4.39 Å². The van der Waals surface area contributed by atoms with Crippen LogP contribution >= 0.6 is 0 Å². The first kappa shape index (κ1) is 7.74. The highest BCUT2D eigenvalue weighted by Crippen LogP contribution is 2.13. The summed E-state index contributed by atoms with van der Waals surface area (Å²) in [7, 11) is 0. The monoisotopic (exact) mass is 180 g/mol. The zero-order valence-corrected chi connectivity index (χ0v) is 6.40. The number of hydrogen-bond acceptors (Lipinski definition) is 6. The summed E-state index contributed by atoms with van der Waals surface area (Å²) in [5, 5.41) is 0. The minimum atomic E-state index is -0.888. The molecule has 2 aromatic heterocycles. The quantitative estimate of drug-likeness (QED) is 0.360. The molecule has 0 unspecified atom stereocenters. The number of fused-ring (bicyclic) bond motifs is 1. The van der Waals surface area contributed by atoms with E-state index in [0.717, 1.165) is 0 Å². The molecule has 0 atom stereocenters. The average molecular weight is 180 g/mol. The Morgan fingerprint density at radius 1 is 1.23 bits per heavy atom. The molecule has 3 N–H and O–H groups in total. The van der Waals surface area contributed by atoms with Crippen molar-refractivity contribution in [2.24, 2.45) is 5.84 Å². The molecule has 2 aromatic rings. The van der Waals surface area contributed by atoms with Gasteiger partial charge in [0.1, 0.15) is 0 Å². The summed E-state index contributed by atoms with van der Waals surface area (Å²) in [5.74, 6) is 5.23. The molecule has 0 amide bonds. The number of nitrogens with two attached hydrogens (primary N) is 1. The maximum absolute atomic E-state index is 12.7. The first-order valence-corrected chi connectivity index (χ1v) is 3.42. The van der Waals surface area contributed by atoms with Gasteiger partial charge in [0.25, 0.3) is 0 Å². The lowest BCUT2D eigenvalue weighted by Gasteiger charge is -2.01. The molecule has 0 aromatic carbocycles. The number of hydrazine groups is 1. The molecule has 0 spiro atoms. The van der Waals surface area contributed by atoms with Gasteiger partial charge >= 0.3 is 6.08 Å². The van der Waals surface area contributed by atoms with E-state index < -0.39 is 6.08 Å². The highest BCUT2D eigenvalue weighted by molar-refractivity contribution is 5.81. The Hall–Kier alpha value is -1.89. The lowest BCUT2D eigenvalue weighted by atomic mass is 10.5. The minimum Gasteiger partial charge on any atom is -0.306 e. The Bertz CT molecular complexity index is 444. The number of aromatic nitrogens is 4. The van der Waals surface area contributed by atoms with Crippen LogP contribution in [0.4, 0.5) is 10.2 Å². The van der Waals surface area contributed by atoms with Crippen molar-refractivity contribution in [1.82, 2.24) is 19.9 Å². The van der Waals surface area contributed by atoms with Gasteiger partial charge in [-0.25, -0.2) is 15.8 Å². The van der Waals surface area contributed by atoms with E-state index in [4.69, 9.17) is 5.84 Å². The van der Waals surface area contributed by atoms with Crippen LogP contribution in [-0.2, 0) is 0 Å². The van der Waals surface area contributed by atoms with Crippen LogP contribution < -0.4 is 11.3 Å². The summed E-state index contributed by atoms with van der Waals surface area (Å²) in [6.07, 6.45) is 1.97. The van der Waals surface area contributed by atoms with Crippen LogP contribution in [0.2, 0.25) is 0 Å². The fraction of sp³-hybridized carbons (Fsp3) is 0. The summed E-state index contributed by atoms with van der Waals surface area (Å²) < 4.78 is 12.7. The number of hydrogen-bond donors (Lipinski definition) is 2. The zero-order valence-electron chi connectivity index (χ0n) is 6.40. The van der Waals surface area contributed by atoms with Crippen molar-refractivity contribution in [2.45, 2.75) is 0 Å². The number of nitrogen functional groups attached to an aromatic ring is 1. The molecule has 2 heterocycles. The van der Waals surface area contributed by atoms with Gasteiger partial charge in [0.2, 0.25) is 0 Å². The summed E-state index contributed by atoms with van der Waals surface area (Å²) in [4.78, 5) is 14.5. The lowest BCUT2D eigenvalue weighted by molar-refractivity contribution is 0.544. The molecule has 2 rings (SSSR count). The fourth-order valence-electron chi connectivity index (χ4n) is 0.938. The van der Waals surface area contributed by atoms with Crippen molar-refractivity contribution in [3.05, 3.63) is 18.5 Å². The van der Waals surface area contributed by atoms with Gasteiger partial charge in [0, 0.05) is 12.4 Å². The molecular formula is C6H5FN6. The predicted octanol–water partition coefficient (Wildman–Crippen LogP) is -0.156. The molecule has 0 saturated carbocycles. The van der Waals surface area contributed by atoms with Gasteiger partial charge in [-0.05, 0) is 0 Å². The van der Waals surface area contributed by atoms with E-state index in [2.05, 4.69) is 25.4 Å². The second kappa shape index (κ2) is 2.87. The summed E-state index contributed by atoms with van der Waals surface area (Å²) in [6.45, 7) is 0. The highest BCUT2D eigenvalue weighted by Gasteiger charge is 2.07. The van der Waals surface area contributed by atoms with Gasteiger partial charge in [-0.1, -0.05) is 0 Å². The third-order valence-electron chi connectivity index (χ3n) is 1.44. The fourth-order valence-corrected chi connectivity index (χ4v) is 0.938. The Morgan fingerprint density at radius 3 is 2.77 bits per heavy atom. The number of rotatable bonds is 1. The van der Waals surface area contributed by atoms with Gasteiger partial charge in [-0.3, -0.25) is 0 Å². The van der Waals surface area contributed by atoms with E-state index in [0.29, 0.717) is 5.52 Å². The standard InChI is InChI=1S/C6H5FN6/c7-6-11-4-3(5(12-6)13-8)9-1-2-10-4/h1-2H,8H2,(H,10,11,12,13). The molecule has 0 fully saturated rings. The Balaban J connectivity index is 2.81. The number of anilines is 1. The van der Waals surface area contributed by atoms with Crippen LogP contribution in [0.1, 0.15) is 0 Å². The number of halogens is 1. The molecule has 66 valence electrons. The van der Waals surface area contributed by atoms with E-state index in [-0.39, 0.29) is 11.5 Å². The number of nitrogens with one attached hydrogen (secondary N) is 1. The van der Waals surface area contributed by atoms with Crippen molar-refractivity contribution >= 4 is 17.0 Å². The molecule has 7 heteroatoms. The molecule has 13 heavy (non-hydrogen) atoms. The van der Waals surface area contributed by atoms with E-state index in [1.807, 2.05) is 0 Å². The SMILES string of the molecule is NNc1nc(F)nc2nccnc12. The van der Waals surface area contributed by atoms with Gasteiger partial charge < -0.3 is 5.43 Å². The third-order valence-corrected chi connectivity index (χ3v) is 1.44. The van der Waals surface area contributed by atoms with Crippen LogP contribution in [-0.4, -0.2) is 19.9 Å². The van der Waals surface area contributed by atoms with Gasteiger partial charge in [-0.15, -0.1) is 0 Å². The second-order valence-corrected chi connectivity index (χ2v) is 2.21. The summed E-state index contributed by atoms with van der Waals surface area (Å²) in [5.41, 5.74) is 2.73. The topological polar surface area (TPSA) is 89.6 Å². The first-order chi connectivity index (χ1) is 6.31. The molecule has 0 aliphatic heterocycles. The van der Waals surface area contributed by atoms with E-state index >= 15 is 0 Å². The Morgan fingerprint density at radius 2 is 2.00 bits per heavy atom. The number of nitrogens with zero attached hydrogens (tertiary/aromatic N) is 4. The molecule has 0 aliphatic carbocycles. The van der Waals surface area contributed by atoms with Crippen molar-refractivity contribution in [2.75, 3.05) is 5.43 Å². The van der Waals surface area contributed by atoms with Crippen molar-refractivity contribution in [1.29, 1.82) is 0 Å². The van der Waals surface area contributed by atoms with Gasteiger partial charge in [0.05, 0.1) is 0 Å². The normalized spacial score (nSPS) is 10.3. The van der Waals surface area contributed by atoms with Crippen LogP contribution in [0.25, 0.3) is 11.2 Å². The molecular weight excluding hydrogens is 175 g/mol. The first-order valence-electron chi connectivity index (χ1n) is 3.42. The van der Waals surface area contributed by atoms with Crippen LogP contribution in [0.5, 0.6) is 0 Å². The smallest absolute Gasteiger partial charge is 0.306 e. The molecule has 0 aliphatic rings. The Labute approximate surface area is 72.0 Å². The molecule has 0 radical (unpaired) electrons. The van der Waals surface area contributed by atoms with E-state index in [9.17, 15) is 4.39 Å². The molecule has 6 nitrogen and oxygen atoms in total. The maximum atomic E-state index is 12.7. The predicted molar refractivity (Wildman–Crippen MR) is 42.9 cm³/mol. The largest absolute Gasteiger partial charge is 0.312 e. The zero-order chi connectivity index (χ0) is 9.26. The van der Waals surface area contributed by atoms with Crippen molar-refractivity contribution in [3.8, 4) is 0 Å². The van der Waals surface area contributed by atoms with Crippen LogP contribution in [0.3, 0.4) is 0 Å². The van der Waals surface area contributed by atoms with Gasteiger partial charge in [-0.2, -0.15) is 14.4 Å². The maximum Gasteiger partial charge on any atom is 0.312 e. The highest BCUT2D eigenvalue weighted by atomic mass is 19.1. The molecule has 0 saturated heterocycles. The summed E-state index contributed by atoms with van der Waals surface area (Å²) >= 11 is 0. The minimum absolute atomic E-state index is 0.121. The van der Waals surface area contributed by atoms with Crippen molar-refractivity contribution in [3.63, 3.8) is 0 Å². The second-order valence-electron chi connectivity index (χ2n) is 2.21. The Kier molecular flexibility index (Phi) is 1.71.